The molecule has 0 spiro atoms. The Morgan fingerprint density at radius 1 is 1.41 bits per heavy atom. The van der Waals surface area contributed by atoms with Gasteiger partial charge in [-0.2, -0.15) is 0 Å². The zero-order valence-electron chi connectivity index (χ0n) is 8.91. The van der Waals surface area contributed by atoms with E-state index in [2.05, 4.69) is 15.9 Å². The Morgan fingerprint density at radius 2 is 2.18 bits per heavy atom. The standard InChI is InChI=1S/C12H9BrCl2OS/c1-16-12-8(5-7(14)6-9(12)13)11(15)10-3-2-4-17-10/h2-6,11H,1H3. The van der Waals surface area contributed by atoms with Crippen LogP contribution in [0.4, 0.5) is 0 Å². The van der Waals surface area contributed by atoms with E-state index in [0.717, 1.165) is 20.7 Å². The summed E-state index contributed by atoms with van der Waals surface area (Å²) in [5.74, 6) is 0.725. The van der Waals surface area contributed by atoms with Crippen LogP contribution < -0.4 is 4.74 Å². The van der Waals surface area contributed by atoms with Gasteiger partial charge in [0.25, 0.3) is 0 Å². The number of hydrogen-bond acceptors (Lipinski definition) is 2. The molecule has 1 aromatic heterocycles. The summed E-state index contributed by atoms with van der Waals surface area (Å²) in [6.07, 6.45) is 0. The summed E-state index contributed by atoms with van der Waals surface area (Å²) in [7, 11) is 1.62. The van der Waals surface area contributed by atoms with Gasteiger partial charge in [-0.15, -0.1) is 22.9 Å². The van der Waals surface area contributed by atoms with Gasteiger partial charge in [0.1, 0.15) is 5.75 Å². The fourth-order valence-corrected chi connectivity index (χ4v) is 3.68. The van der Waals surface area contributed by atoms with Crippen LogP contribution in [0.1, 0.15) is 15.8 Å². The SMILES string of the molecule is COc1c(Br)cc(Cl)cc1C(Cl)c1cccs1. The summed E-state index contributed by atoms with van der Waals surface area (Å²) < 4.78 is 6.17. The van der Waals surface area contributed by atoms with Crippen molar-refractivity contribution in [3.8, 4) is 5.75 Å². The van der Waals surface area contributed by atoms with Crippen LogP contribution in [0.15, 0.2) is 34.1 Å². The van der Waals surface area contributed by atoms with Crippen molar-refractivity contribution < 1.29 is 4.74 Å². The van der Waals surface area contributed by atoms with Gasteiger partial charge in [-0.3, -0.25) is 0 Å². The van der Waals surface area contributed by atoms with E-state index < -0.39 is 0 Å². The Balaban J connectivity index is 2.50. The third kappa shape index (κ3) is 2.79. The Morgan fingerprint density at radius 3 is 2.76 bits per heavy atom. The highest BCUT2D eigenvalue weighted by molar-refractivity contribution is 9.10. The molecular weight excluding hydrogens is 343 g/mol. The van der Waals surface area contributed by atoms with Gasteiger partial charge in [0, 0.05) is 15.5 Å². The molecule has 1 aromatic carbocycles. The topological polar surface area (TPSA) is 9.23 Å². The number of alkyl halides is 1. The molecule has 0 aliphatic rings. The number of benzene rings is 1. The van der Waals surface area contributed by atoms with Gasteiger partial charge >= 0.3 is 0 Å². The van der Waals surface area contributed by atoms with Crippen LogP contribution in [-0.4, -0.2) is 7.11 Å². The summed E-state index contributed by atoms with van der Waals surface area (Å²) in [4.78, 5) is 1.07. The van der Waals surface area contributed by atoms with Crippen molar-refractivity contribution >= 4 is 50.5 Å². The van der Waals surface area contributed by atoms with Gasteiger partial charge in [-0.1, -0.05) is 17.7 Å². The second kappa shape index (κ2) is 5.61. The number of methoxy groups -OCH3 is 1. The average Bonchev–Trinajstić information content (AvgIpc) is 2.80. The van der Waals surface area contributed by atoms with E-state index in [1.807, 2.05) is 23.6 Å². The van der Waals surface area contributed by atoms with Crippen LogP contribution in [0.25, 0.3) is 0 Å². The van der Waals surface area contributed by atoms with Gasteiger partial charge in [0.15, 0.2) is 0 Å². The molecule has 0 bridgehead atoms. The lowest BCUT2D eigenvalue weighted by Gasteiger charge is -2.14. The van der Waals surface area contributed by atoms with E-state index >= 15 is 0 Å². The van der Waals surface area contributed by atoms with E-state index in [1.165, 1.54) is 0 Å². The second-order valence-electron chi connectivity index (χ2n) is 3.39. The van der Waals surface area contributed by atoms with E-state index in [1.54, 1.807) is 24.5 Å². The van der Waals surface area contributed by atoms with Crippen molar-refractivity contribution in [2.45, 2.75) is 5.38 Å². The third-order valence-electron chi connectivity index (χ3n) is 2.31. The summed E-state index contributed by atoms with van der Waals surface area (Å²) >= 11 is 17.5. The van der Waals surface area contributed by atoms with Crippen LogP contribution in [0, 0.1) is 0 Å². The van der Waals surface area contributed by atoms with Crippen molar-refractivity contribution in [2.75, 3.05) is 7.11 Å². The maximum absolute atomic E-state index is 6.45. The zero-order chi connectivity index (χ0) is 12.4. The molecule has 0 N–H and O–H groups in total. The second-order valence-corrected chi connectivity index (χ2v) is 6.09. The molecule has 0 fully saturated rings. The van der Waals surface area contributed by atoms with Crippen LogP contribution in [0.5, 0.6) is 5.75 Å². The lowest BCUT2D eigenvalue weighted by Crippen LogP contribution is -1.97. The average molecular weight is 352 g/mol. The van der Waals surface area contributed by atoms with Gasteiger partial charge in [0.05, 0.1) is 17.0 Å². The Hall–Kier alpha value is -0.220. The monoisotopic (exact) mass is 350 g/mol. The number of halogens is 3. The van der Waals surface area contributed by atoms with Crippen molar-refractivity contribution in [3.05, 3.63) is 49.6 Å². The molecule has 1 unspecified atom stereocenters. The summed E-state index contributed by atoms with van der Waals surface area (Å²) in [5, 5.41) is 2.38. The number of hydrogen-bond donors (Lipinski definition) is 0. The maximum atomic E-state index is 6.45. The molecule has 0 aliphatic carbocycles. The van der Waals surface area contributed by atoms with Gasteiger partial charge < -0.3 is 4.74 Å². The van der Waals surface area contributed by atoms with Gasteiger partial charge in [-0.25, -0.2) is 0 Å². The van der Waals surface area contributed by atoms with E-state index in [-0.39, 0.29) is 5.38 Å². The highest BCUT2D eigenvalue weighted by Crippen LogP contribution is 2.42. The van der Waals surface area contributed by atoms with E-state index in [4.69, 9.17) is 27.9 Å². The first-order chi connectivity index (χ1) is 8.13. The van der Waals surface area contributed by atoms with Crippen LogP contribution >= 0.6 is 50.5 Å². The van der Waals surface area contributed by atoms with Crippen LogP contribution in [0.2, 0.25) is 5.02 Å². The molecule has 1 heterocycles. The molecule has 0 radical (unpaired) electrons. The molecule has 90 valence electrons. The molecule has 2 rings (SSSR count). The minimum atomic E-state index is -0.250. The lowest BCUT2D eigenvalue weighted by molar-refractivity contribution is 0.407. The molecule has 2 aromatic rings. The van der Waals surface area contributed by atoms with Crippen molar-refractivity contribution in [3.63, 3.8) is 0 Å². The Bertz CT molecular complexity index is 513. The molecule has 5 heteroatoms. The Kier molecular flexibility index (Phi) is 4.36. The summed E-state index contributed by atoms with van der Waals surface area (Å²) in [5.41, 5.74) is 0.871. The largest absolute Gasteiger partial charge is 0.495 e. The zero-order valence-corrected chi connectivity index (χ0v) is 12.8. The lowest BCUT2D eigenvalue weighted by atomic mass is 10.1. The predicted octanol–water partition coefficient (Wildman–Crippen LogP) is 5.50. The normalized spacial score (nSPS) is 12.5. The van der Waals surface area contributed by atoms with Crippen molar-refractivity contribution in [1.82, 2.24) is 0 Å². The number of rotatable bonds is 3. The minimum Gasteiger partial charge on any atom is -0.495 e. The first-order valence-corrected chi connectivity index (χ1v) is 7.32. The van der Waals surface area contributed by atoms with Crippen LogP contribution in [-0.2, 0) is 0 Å². The first-order valence-electron chi connectivity index (χ1n) is 4.84. The first kappa shape index (κ1) is 13.2. The minimum absolute atomic E-state index is 0.250. The predicted molar refractivity (Wildman–Crippen MR) is 77.7 cm³/mol. The fourth-order valence-electron chi connectivity index (χ4n) is 1.57. The van der Waals surface area contributed by atoms with Crippen molar-refractivity contribution in [2.24, 2.45) is 0 Å². The highest BCUT2D eigenvalue weighted by atomic mass is 79.9. The molecule has 0 amide bonds. The smallest absolute Gasteiger partial charge is 0.138 e. The van der Waals surface area contributed by atoms with Crippen LogP contribution in [0.3, 0.4) is 0 Å². The summed E-state index contributed by atoms with van der Waals surface area (Å²) in [6.45, 7) is 0. The molecular formula is C12H9BrCl2OS. The number of thiophene rings is 1. The molecule has 1 nitrogen and oxygen atoms in total. The van der Waals surface area contributed by atoms with E-state index in [0.29, 0.717) is 5.02 Å². The quantitative estimate of drug-likeness (QED) is 0.663. The Labute approximate surface area is 122 Å². The molecule has 1 atom stereocenters. The summed E-state index contributed by atoms with van der Waals surface area (Å²) in [6, 6.07) is 7.60. The van der Waals surface area contributed by atoms with Crippen molar-refractivity contribution in [1.29, 1.82) is 0 Å². The third-order valence-corrected chi connectivity index (χ3v) is 4.65. The molecule has 0 saturated heterocycles. The molecule has 0 saturated carbocycles. The highest BCUT2D eigenvalue weighted by Gasteiger charge is 2.19. The molecule has 0 aliphatic heterocycles. The maximum Gasteiger partial charge on any atom is 0.138 e. The molecule has 17 heavy (non-hydrogen) atoms. The number of ether oxygens (including phenoxy) is 1. The fraction of sp³-hybridized carbons (Fsp3) is 0.167. The van der Waals surface area contributed by atoms with Gasteiger partial charge in [0.2, 0.25) is 0 Å². The van der Waals surface area contributed by atoms with Gasteiger partial charge in [-0.05, 0) is 39.5 Å². The van der Waals surface area contributed by atoms with E-state index in [9.17, 15) is 0 Å².